The Morgan fingerprint density at radius 2 is 1.75 bits per heavy atom. The van der Waals surface area contributed by atoms with Gasteiger partial charge < -0.3 is 14.4 Å². The fraction of sp³-hybridized carbons (Fsp3) is 0.409. The van der Waals surface area contributed by atoms with Crippen LogP contribution in [0.4, 0.5) is 14.9 Å². The van der Waals surface area contributed by atoms with Gasteiger partial charge in [0.15, 0.2) is 0 Å². The predicted octanol–water partition coefficient (Wildman–Crippen LogP) is 3.87. The number of carbonyl (C=O) groups excluding carboxylic acids is 1. The highest BCUT2D eigenvalue weighted by atomic mass is 19.1. The third kappa shape index (κ3) is 3.44. The number of rotatable bonds is 4. The molecule has 0 aromatic heterocycles. The van der Waals surface area contributed by atoms with Crippen LogP contribution in [0.2, 0.25) is 0 Å². The van der Waals surface area contributed by atoms with Crippen LogP contribution in [0.25, 0.3) is 0 Å². The van der Waals surface area contributed by atoms with E-state index in [-0.39, 0.29) is 18.0 Å². The molecule has 1 unspecified atom stereocenters. The van der Waals surface area contributed by atoms with Gasteiger partial charge in [-0.15, -0.1) is 0 Å². The normalized spacial score (nSPS) is 21.8. The minimum Gasteiger partial charge on any atom is -0.497 e. The Kier molecular flexibility index (Phi) is 4.98. The van der Waals surface area contributed by atoms with Crippen LogP contribution < -0.4 is 9.64 Å². The summed E-state index contributed by atoms with van der Waals surface area (Å²) < 4.78 is 24.6. The molecule has 0 saturated carbocycles. The largest absolute Gasteiger partial charge is 0.497 e. The number of anilines is 1. The molecular weight excluding hydrogens is 359 g/mol. The molecular formula is C22H25FN2O3. The maximum Gasteiger partial charge on any atom is 0.415 e. The lowest BCUT2D eigenvalue weighted by molar-refractivity contribution is -0.0127. The summed E-state index contributed by atoms with van der Waals surface area (Å²) in [7, 11) is 3.70. The van der Waals surface area contributed by atoms with Gasteiger partial charge in [0.25, 0.3) is 0 Å². The summed E-state index contributed by atoms with van der Waals surface area (Å²) in [5.41, 5.74) is 1.24. The minimum atomic E-state index is -0.530. The summed E-state index contributed by atoms with van der Waals surface area (Å²) in [5.74, 6) is 0.476. The van der Waals surface area contributed by atoms with E-state index in [0.717, 1.165) is 42.9 Å². The molecule has 2 saturated heterocycles. The Labute approximate surface area is 164 Å². The second kappa shape index (κ2) is 7.43. The molecule has 0 bridgehead atoms. The summed E-state index contributed by atoms with van der Waals surface area (Å²) >= 11 is 0. The molecule has 0 aliphatic carbocycles. The minimum absolute atomic E-state index is 0.146. The quantitative estimate of drug-likeness (QED) is 0.803. The predicted molar refractivity (Wildman–Crippen MR) is 105 cm³/mol. The van der Waals surface area contributed by atoms with Gasteiger partial charge in [-0.2, -0.15) is 0 Å². The van der Waals surface area contributed by atoms with Crippen LogP contribution in [-0.2, 0) is 11.2 Å². The Morgan fingerprint density at radius 3 is 2.36 bits per heavy atom. The number of hydrogen-bond acceptors (Lipinski definition) is 4. The SMILES string of the molecule is COc1ccc(N2C(=O)OC3(CCN(C)CC3)C2Cc2ccc(F)cc2)cc1. The van der Waals surface area contributed by atoms with E-state index in [9.17, 15) is 9.18 Å². The van der Waals surface area contributed by atoms with Crippen molar-refractivity contribution in [2.75, 3.05) is 32.1 Å². The van der Waals surface area contributed by atoms with Crippen LogP contribution in [0.3, 0.4) is 0 Å². The zero-order valence-corrected chi connectivity index (χ0v) is 16.2. The Hall–Kier alpha value is -2.60. The Bertz CT molecular complexity index is 830. The molecule has 2 fully saturated rings. The highest BCUT2D eigenvalue weighted by Crippen LogP contribution is 2.42. The first-order valence-electron chi connectivity index (χ1n) is 9.60. The van der Waals surface area contributed by atoms with E-state index in [4.69, 9.17) is 9.47 Å². The van der Waals surface area contributed by atoms with E-state index >= 15 is 0 Å². The van der Waals surface area contributed by atoms with Gasteiger partial charge in [-0.3, -0.25) is 4.90 Å². The van der Waals surface area contributed by atoms with Crippen molar-refractivity contribution in [2.24, 2.45) is 0 Å². The highest BCUT2D eigenvalue weighted by molar-refractivity contribution is 5.91. The number of carbonyl (C=O) groups is 1. The maximum atomic E-state index is 13.4. The molecule has 148 valence electrons. The standard InChI is InChI=1S/C22H25FN2O3/c1-24-13-11-22(12-14-24)20(15-16-3-5-17(23)6-4-16)25(21(26)28-22)18-7-9-19(27-2)10-8-18/h3-10,20H,11-15H2,1-2H3. The molecule has 2 aromatic carbocycles. The van der Waals surface area contributed by atoms with Crippen LogP contribution in [0.5, 0.6) is 5.75 Å². The van der Waals surface area contributed by atoms with Gasteiger partial charge in [0.05, 0.1) is 13.2 Å². The Balaban J connectivity index is 1.69. The van der Waals surface area contributed by atoms with Gasteiger partial charge in [-0.25, -0.2) is 9.18 Å². The van der Waals surface area contributed by atoms with Crippen molar-refractivity contribution in [2.45, 2.75) is 30.9 Å². The first-order valence-corrected chi connectivity index (χ1v) is 9.60. The molecule has 1 spiro atoms. The second-order valence-corrected chi connectivity index (χ2v) is 7.65. The number of methoxy groups -OCH3 is 1. The molecule has 2 heterocycles. The average Bonchev–Trinajstić information content (AvgIpc) is 2.97. The van der Waals surface area contributed by atoms with E-state index < -0.39 is 5.60 Å². The Morgan fingerprint density at radius 1 is 1.11 bits per heavy atom. The van der Waals surface area contributed by atoms with E-state index in [2.05, 4.69) is 11.9 Å². The number of likely N-dealkylation sites (tertiary alicyclic amines) is 1. The van der Waals surface area contributed by atoms with Crippen molar-refractivity contribution in [1.82, 2.24) is 4.90 Å². The van der Waals surface area contributed by atoms with Crippen molar-refractivity contribution in [3.63, 3.8) is 0 Å². The van der Waals surface area contributed by atoms with Crippen molar-refractivity contribution >= 4 is 11.8 Å². The maximum absolute atomic E-state index is 13.4. The number of ether oxygens (including phenoxy) is 2. The third-order valence-electron chi connectivity index (χ3n) is 5.93. The van der Waals surface area contributed by atoms with Crippen molar-refractivity contribution < 1.29 is 18.7 Å². The van der Waals surface area contributed by atoms with Crippen molar-refractivity contribution in [3.8, 4) is 5.75 Å². The molecule has 28 heavy (non-hydrogen) atoms. The van der Waals surface area contributed by atoms with Gasteiger partial charge in [0, 0.05) is 31.6 Å². The van der Waals surface area contributed by atoms with Crippen molar-refractivity contribution in [3.05, 3.63) is 59.9 Å². The van der Waals surface area contributed by atoms with Gasteiger partial charge in [0.1, 0.15) is 17.2 Å². The zero-order valence-electron chi connectivity index (χ0n) is 16.2. The number of benzene rings is 2. The fourth-order valence-electron chi connectivity index (χ4n) is 4.24. The van der Waals surface area contributed by atoms with Gasteiger partial charge in [0.2, 0.25) is 0 Å². The second-order valence-electron chi connectivity index (χ2n) is 7.65. The molecule has 0 radical (unpaired) electrons. The monoisotopic (exact) mass is 384 g/mol. The molecule has 1 amide bonds. The van der Waals surface area contributed by atoms with Gasteiger partial charge in [-0.1, -0.05) is 12.1 Å². The van der Waals surface area contributed by atoms with Crippen LogP contribution in [0, 0.1) is 5.82 Å². The molecule has 5 nitrogen and oxygen atoms in total. The number of hydrogen-bond donors (Lipinski definition) is 0. The molecule has 6 heteroatoms. The summed E-state index contributed by atoms with van der Waals surface area (Å²) in [4.78, 5) is 16.9. The number of nitrogens with zero attached hydrogens (tertiary/aromatic N) is 2. The van der Waals surface area contributed by atoms with E-state index in [1.807, 2.05) is 24.3 Å². The number of piperidine rings is 1. The number of amides is 1. The lowest BCUT2D eigenvalue weighted by Gasteiger charge is -2.40. The lowest BCUT2D eigenvalue weighted by Crippen LogP contribution is -2.53. The van der Waals surface area contributed by atoms with E-state index in [1.54, 1.807) is 24.1 Å². The first kappa shape index (κ1) is 18.7. The summed E-state index contributed by atoms with van der Waals surface area (Å²) in [6.45, 7) is 1.76. The molecule has 4 rings (SSSR count). The fourth-order valence-corrected chi connectivity index (χ4v) is 4.24. The van der Waals surface area contributed by atoms with Crippen molar-refractivity contribution in [1.29, 1.82) is 0 Å². The summed E-state index contributed by atoms with van der Waals surface area (Å²) in [6, 6.07) is 13.8. The van der Waals surface area contributed by atoms with Crippen LogP contribution in [0.15, 0.2) is 48.5 Å². The van der Waals surface area contributed by atoms with Gasteiger partial charge >= 0.3 is 6.09 Å². The van der Waals surface area contributed by atoms with Crippen LogP contribution >= 0.6 is 0 Å². The smallest absolute Gasteiger partial charge is 0.415 e. The molecule has 2 aromatic rings. The lowest BCUT2D eigenvalue weighted by atomic mass is 9.81. The topological polar surface area (TPSA) is 42.0 Å². The molecule has 2 aliphatic rings. The number of halogens is 1. The molecule has 2 aliphatic heterocycles. The first-order chi connectivity index (χ1) is 13.5. The van der Waals surface area contributed by atoms with Crippen LogP contribution in [-0.4, -0.2) is 49.9 Å². The zero-order chi connectivity index (χ0) is 19.7. The van der Waals surface area contributed by atoms with E-state index in [0.29, 0.717) is 6.42 Å². The summed E-state index contributed by atoms with van der Waals surface area (Å²) in [5, 5.41) is 0. The highest BCUT2D eigenvalue weighted by Gasteiger charge is 2.55. The summed E-state index contributed by atoms with van der Waals surface area (Å²) in [6.07, 6.45) is 1.87. The molecule has 0 N–H and O–H groups in total. The average molecular weight is 384 g/mol. The molecule has 1 atom stereocenters. The van der Waals surface area contributed by atoms with Crippen LogP contribution in [0.1, 0.15) is 18.4 Å². The third-order valence-corrected chi connectivity index (χ3v) is 5.93. The van der Waals surface area contributed by atoms with E-state index in [1.165, 1.54) is 12.1 Å². The van der Waals surface area contributed by atoms with Gasteiger partial charge in [-0.05, 0) is 55.4 Å².